The van der Waals surface area contributed by atoms with Gasteiger partial charge in [0, 0.05) is 0 Å². The topological polar surface area (TPSA) is 57.5 Å². The zero-order valence-corrected chi connectivity index (χ0v) is 11.6. The van der Waals surface area contributed by atoms with E-state index in [1.165, 1.54) is 13.8 Å². The Morgan fingerprint density at radius 3 is 2.00 bits per heavy atom. The van der Waals surface area contributed by atoms with Gasteiger partial charge in [-0.15, -0.1) is 0 Å². The summed E-state index contributed by atoms with van der Waals surface area (Å²) < 4.78 is 0. The van der Waals surface area contributed by atoms with Crippen LogP contribution in [0.5, 0.6) is 0 Å². The van der Waals surface area contributed by atoms with Crippen LogP contribution in [0.2, 0.25) is 0 Å². The first-order chi connectivity index (χ1) is 9.43. The number of hydrogen-bond acceptors (Lipinski definition) is 2. The molecule has 0 aliphatic carbocycles. The number of aliphatic hydroxyl groups is 1. The molecule has 2 atom stereocenters. The molecule has 2 N–H and O–H groups in total. The highest BCUT2D eigenvalue weighted by molar-refractivity contribution is 5.71. The summed E-state index contributed by atoms with van der Waals surface area (Å²) in [7, 11) is 0. The second-order valence-corrected chi connectivity index (χ2v) is 5.15. The molecule has 20 heavy (non-hydrogen) atoms. The molecule has 0 saturated heterocycles. The van der Waals surface area contributed by atoms with Crippen LogP contribution >= 0.6 is 0 Å². The fourth-order valence-corrected chi connectivity index (χ4v) is 2.12. The summed E-state index contributed by atoms with van der Waals surface area (Å²) >= 11 is 0. The lowest BCUT2D eigenvalue weighted by molar-refractivity contribution is -0.150. The molecule has 3 heteroatoms. The van der Waals surface area contributed by atoms with Gasteiger partial charge in [-0.05, 0) is 30.5 Å². The van der Waals surface area contributed by atoms with E-state index in [2.05, 4.69) is 0 Å². The van der Waals surface area contributed by atoms with Crippen molar-refractivity contribution in [2.24, 2.45) is 5.92 Å². The molecule has 0 heterocycles. The van der Waals surface area contributed by atoms with Crippen molar-refractivity contribution in [2.45, 2.75) is 19.4 Å². The first-order valence-electron chi connectivity index (χ1n) is 6.54. The molecule has 0 aliphatic rings. The molecule has 0 amide bonds. The fraction of sp³-hybridized carbons (Fsp3) is 0.235. The van der Waals surface area contributed by atoms with Gasteiger partial charge in [-0.3, -0.25) is 4.79 Å². The van der Waals surface area contributed by atoms with Gasteiger partial charge in [-0.25, -0.2) is 0 Å². The molecule has 2 aromatic carbocycles. The van der Waals surface area contributed by atoms with Gasteiger partial charge in [0.05, 0.1) is 11.5 Å². The second kappa shape index (κ2) is 5.47. The Hall–Kier alpha value is -2.13. The third kappa shape index (κ3) is 2.73. The summed E-state index contributed by atoms with van der Waals surface area (Å²) in [5, 5.41) is 19.5. The Morgan fingerprint density at radius 1 is 1.00 bits per heavy atom. The van der Waals surface area contributed by atoms with Crippen molar-refractivity contribution >= 4 is 5.97 Å². The van der Waals surface area contributed by atoms with Crippen LogP contribution in [0.1, 0.15) is 19.4 Å². The molecule has 2 rings (SSSR count). The van der Waals surface area contributed by atoms with Gasteiger partial charge in [0.15, 0.2) is 0 Å². The van der Waals surface area contributed by atoms with Gasteiger partial charge < -0.3 is 10.2 Å². The average Bonchev–Trinajstić information content (AvgIpc) is 2.47. The van der Waals surface area contributed by atoms with Crippen molar-refractivity contribution in [1.29, 1.82) is 0 Å². The number of rotatable bonds is 4. The third-order valence-electron chi connectivity index (χ3n) is 3.79. The lowest BCUT2D eigenvalue weighted by Crippen LogP contribution is -2.35. The van der Waals surface area contributed by atoms with Crippen molar-refractivity contribution in [3.05, 3.63) is 60.2 Å². The zero-order valence-electron chi connectivity index (χ0n) is 11.6. The minimum Gasteiger partial charge on any atom is -0.481 e. The number of hydrogen-bond donors (Lipinski definition) is 2. The standard InChI is InChI=1S/C17H18O3/c1-12(16(18)19)17(2,20)15-10-8-14(9-11-15)13-6-4-3-5-7-13/h3-12,20H,1-2H3,(H,18,19). The van der Waals surface area contributed by atoms with E-state index in [4.69, 9.17) is 5.11 Å². The summed E-state index contributed by atoms with van der Waals surface area (Å²) in [4.78, 5) is 11.0. The Kier molecular flexibility index (Phi) is 3.91. The van der Waals surface area contributed by atoms with Crippen molar-refractivity contribution in [2.75, 3.05) is 0 Å². The fourth-order valence-electron chi connectivity index (χ4n) is 2.12. The SMILES string of the molecule is CC(C(=O)O)C(C)(O)c1ccc(-c2ccccc2)cc1. The van der Waals surface area contributed by atoms with Crippen molar-refractivity contribution in [3.63, 3.8) is 0 Å². The van der Waals surface area contributed by atoms with Crippen LogP contribution in [0.25, 0.3) is 11.1 Å². The van der Waals surface area contributed by atoms with Crippen LogP contribution in [0, 0.1) is 5.92 Å². The lowest BCUT2D eigenvalue weighted by Gasteiger charge is -2.28. The van der Waals surface area contributed by atoms with Gasteiger partial charge in [-0.1, -0.05) is 54.6 Å². The Bertz CT molecular complexity index is 585. The highest BCUT2D eigenvalue weighted by atomic mass is 16.4. The molecule has 0 aliphatic heterocycles. The highest BCUT2D eigenvalue weighted by Gasteiger charge is 2.35. The smallest absolute Gasteiger partial charge is 0.309 e. The number of carboxylic acid groups (broad SMARTS) is 1. The molecule has 104 valence electrons. The van der Waals surface area contributed by atoms with E-state index in [-0.39, 0.29) is 0 Å². The molecule has 2 aromatic rings. The number of carbonyl (C=O) groups is 1. The second-order valence-electron chi connectivity index (χ2n) is 5.15. The van der Waals surface area contributed by atoms with Crippen LogP contribution in [-0.2, 0) is 10.4 Å². The molecular weight excluding hydrogens is 252 g/mol. The molecule has 0 aromatic heterocycles. The molecule has 0 radical (unpaired) electrons. The highest BCUT2D eigenvalue weighted by Crippen LogP contribution is 2.31. The predicted molar refractivity (Wildman–Crippen MR) is 78.2 cm³/mol. The molecular formula is C17H18O3. The maximum absolute atomic E-state index is 11.0. The quantitative estimate of drug-likeness (QED) is 0.896. The van der Waals surface area contributed by atoms with Crippen LogP contribution in [0.4, 0.5) is 0 Å². The number of benzene rings is 2. The van der Waals surface area contributed by atoms with E-state index in [9.17, 15) is 9.90 Å². The van der Waals surface area contributed by atoms with E-state index >= 15 is 0 Å². The van der Waals surface area contributed by atoms with E-state index < -0.39 is 17.5 Å². The van der Waals surface area contributed by atoms with Crippen LogP contribution in [0.3, 0.4) is 0 Å². The minimum absolute atomic E-state index is 0.604. The molecule has 0 saturated carbocycles. The molecule has 0 fully saturated rings. The minimum atomic E-state index is -1.39. The Balaban J connectivity index is 2.31. The van der Waals surface area contributed by atoms with Crippen LogP contribution in [-0.4, -0.2) is 16.2 Å². The summed E-state index contributed by atoms with van der Waals surface area (Å²) in [6.45, 7) is 3.04. The lowest BCUT2D eigenvalue weighted by atomic mass is 9.83. The summed E-state index contributed by atoms with van der Waals surface area (Å²) in [5.41, 5.74) is 1.34. The van der Waals surface area contributed by atoms with Gasteiger partial charge in [0.25, 0.3) is 0 Å². The molecule has 2 unspecified atom stereocenters. The van der Waals surface area contributed by atoms with Crippen molar-refractivity contribution < 1.29 is 15.0 Å². The maximum atomic E-state index is 11.0. The van der Waals surface area contributed by atoms with Crippen LogP contribution in [0.15, 0.2) is 54.6 Å². The first kappa shape index (κ1) is 14.3. The monoisotopic (exact) mass is 270 g/mol. The van der Waals surface area contributed by atoms with E-state index in [0.717, 1.165) is 11.1 Å². The van der Waals surface area contributed by atoms with Crippen LogP contribution < -0.4 is 0 Å². The van der Waals surface area contributed by atoms with E-state index in [0.29, 0.717) is 5.56 Å². The largest absolute Gasteiger partial charge is 0.481 e. The van der Waals surface area contributed by atoms with Gasteiger partial charge in [0.2, 0.25) is 0 Å². The summed E-state index contributed by atoms with van der Waals surface area (Å²) in [6, 6.07) is 17.3. The molecule has 0 spiro atoms. The van der Waals surface area contributed by atoms with Gasteiger partial charge in [0.1, 0.15) is 0 Å². The van der Waals surface area contributed by atoms with Crippen molar-refractivity contribution in [3.8, 4) is 11.1 Å². The van der Waals surface area contributed by atoms with E-state index in [1.54, 1.807) is 12.1 Å². The summed E-state index contributed by atoms with van der Waals surface area (Å²) in [5.74, 6) is -1.88. The summed E-state index contributed by atoms with van der Waals surface area (Å²) in [6.07, 6.45) is 0. The maximum Gasteiger partial charge on any atom is 0.309 e. The van der Waals surface area contributed by atoms with Crippen molar-refractivity contribution in [1.82, 2.24) is 0 Å². The van der Waals surface area contributed by atoms with Gasteiger partial charge in [-0.2, -0.15) is 0 Å². The molecule has 0 bridgehead atoms. The Morgan fingerprint density at radius 2 is 1.50 bits per heavy atom. The predicted octanol–water partition coefficient (Wildman–Crippen LogP) is 3.28. The Labute approximate surface area is 118 Å². The van der Waals surface area contributed by atoms with Gasteiger partial charge >= 0.3 is 5.97 Å². The first-order valence-corrected chi connectivity index (χ1v) is 6.54. The normalized spacial score (nSPS) is 15.3. The molecule has 3 nitrogen and oxygen atoms in total. The average molecular weight is 270 g/mol. The zero-order chi connectivity index (χ0) is 14.8. The van der Waals surface area contributed by atoms with E-state index in [1.807, 2.05) is 42.5 Å². The third-order valence-corrected chi connectivity index (χ3v) is 3.79. The number of carboxylic acids is 1. The number of aliphatic carboxylic acids is 1.